The van der Waals surface area contributed by atoms with E-state index in [1.807, 2.05) is 13.8 Å². The van der Waals surface area contributed by atoms with Gasteiger partial charge in [0.05, 0.1) is 31.6 Å². The van der Waals surface area contributed by atoms with Gasteiger partial charge >= 0.3 is 5.97 Å². The minimum atomic E-state index is -0.801. The van der Waals surface area contributed by atoms with Gasteiger partial charge in [0.2, 0.25) is 11.8 Å². The SMILES string of the molecule is CC(C)OCCC(=O)N(C)CC(=O)N1CCC(C(=O)O)CC1. The maximum atomic E-state index is 12.1. The molecule has 7 nitrogen and oxygen atoms in total. The molecule has 0 bridgehead atoms. The van der Waals surface area contributed by atoms with Crippen LogP contribution >= 0.6 is 0 Å². The zero-order chi connectivity index (χ0) is 16.7. The number of carbonyl (C=O) groups excluding carboxylic acids is 2. The Bertz CT molecular complexity index is 403. The van der Waals surface area contributed by atoms with E-state index < -0.39 is 5.97 Å². The zero-order valence-electron chi connectivity index (χ0n) is 13.6. The van der Waals surface area contributed by atoms with E-state index in [-0.39, 0.29) is 36.8 Å². The van der Waals surface area contributed by atoms with E-state index in [1.54, 1.807) is 11.9 Å². The molecule has 1 fully saturated rings. The molecule has 126 valence electrons. The molecule has 0 saturated carbocycles. The largest absolute Gasteiger partial charge is 0.481 e. The zero-order valence-corrected chi connectivity index (χ0v) is 13.6. The normalized spacial score (nSPS) is 15.9. The second kappa shape index (κ2) is 8.73. The molecule has 0 atom stereocenters. The summed E-state index contributed by atoms with van der Waals surface area (Å²) in [6.45, 7) is 5.05. The van der Waals surface area contributed by atoms with Crippen molar-refractivity contribution in [3.8, 4) is 0 Å². The van der Waals surface area contributed by atoms with Gasteiger partial charge in [-0.2, -0.15) is 0 Å². The van der Waals surface area contributed by atoms with Gasteiger partial charge in [-0.05, 0) is 26.7 Å². The monoisotopic (exact) mass is 314 g/mol. The highest BCUT2D eigenvalue weighted by Crippen LogP contribution is 2.17. The Morgan fingerprint density at radius 3 is 2.36 bits per heavy atom. The van der Waals surface area contributed by atoms with Crippen LogP contribution in [0.4, 0.5) is 0 Å². The molecule has 1 aliphatic rings. The van der Waals surface area contributed by atoms with Crippen LogP contribution in [0.5, 0.6) is 0 Å². The number of hydrogen-bond donors (Lipinski definition) is 1. The number of carboxylic acids is 1. The van der Waals surface area contributed by atoms with Crippen LogP contribution in [0, 0.1) is 5.92 Å². The molecular weight excluding hydrogens is 288 g/mol. The molecule has 1 rings (SSSR count). The van der Waals surface area contributed by atoms with Gasteiger partial charge in [-0.1, -0.05) is 0 Å². The molecule has 0 aromatic rings. The molecule has 0 aliphatic carbocycles. The lowest BCUT2D eigenvalue weighted by atomic mass is 9.97. The van der Waals surface area contributed by atoms with Crippen LogP contribution in [0.1, 0.15) is 33.1 Å². The van der Waals surface area contributed by atoms with Crippen molar-refractivity contribution in [2.24, 2.45) is 5.92 Å². The fraction of sp³-hybridized carbons (Fsp3) is 0.800. The standard InChI is InChI=1S/C15H26N2O5/c1-11(2)22-9-6-13(18)16(3)10-14(19)17-7-4-12(5-8-17)15(20)21/h11-12H,4-10H2,1-3H3,(H,20,21). The summed E-state index contributed by atoms with van der Waals surface area (Å²) in [5.74, 6) is -1.43. The van der Waals surface area contributed by atoms with Crippen molar-refractivity contribution in [1.29, 1.82) is 0 Å². The third-order valence-electron chi connectivity index (χ3n) is 3.76. The summed E-state index contributed by atoms with van der Waals surface area (Å²) in [6.07, 6.45) is 1.28. The minimum absolute atomic E-state index is 0.0260. The molecule has 0 unspecified atom stereocenters. The Labute approximate surface area is 131 Å². The number of carboxylic acid groups (broad SMARTS) is 1. The third kappa shape index (κ3) is 6.01. The van der Waals surface area contributed by atoms with E-state index in [0.29, 0.717) is 32.5 Å². The molecule has 0 aromatic heterocycles. The van der Waals surface area contributed by atoms with Gasteiger partial charge in [0.1, 0.15) is 0 Å². The molecule has 7 heteroatoms. The average molecular weight is 314 g/mol. The predicted molar refractivity (Wildman–Crippen MR) is 80.3 cm³/mol. The summed E-state index contributed by atoms with van der Waals surface area (Å²) in [5, 5.41) is 8.93. The maximum absolute atomic E-state index is 12.1. The second-order valence-electron chi connectivity index (χ2n) is 5.91. The van der Waals surface area contributed by atoms with Gasteiger partial charge in [-0.3, -0.25) is 14.4 Å². The topological polar surface area (TPSA) is 87.2 Å². The summed E-state index contributed by atoms with van der Waals surface area (Å²) >= 11 is 0. The first-order valence-electron chi connectivity index (χ1n) is 7.67. The molecule has 0 aromatic carbocycles. The quantitative estimate of drug-likeness (QED) is 0.743. The first kappa shape index (κ1) is 18.4. The van der Waals surface area contributed by atoms with Crippen molar-refractivity contribution in [3.05, 3.63) is 0 Å². The Hall–Kier alpha value is -1.63. The molecule has 1 N–H and O–H groups in total. The molecular formula is C15H26N2O5. The van der Waals surface area contributed by atoms with Gasteiger partial charge < -0.3 is 19.6 Å². The predicted octanol–water partition coefficient (Wildman–Crippen LogP) is 0.583. The number of aliphatic carboxylic acids is 1. The van der Waals surface area contributed by atoms with Crippen LogP contribution in [0.25, 0.3) is 0 Å². The number of amides is 2. The number of rotatable bonds is 7. The highest BCUT2D eigenvalue weighted by atomic mass is 16.5. The summed E-state index contributed by atoms with van der Waals surface area (Å²) in [7, 11) is 1.60. The highest BCUT2D eigenvalue weighted by molar-refractivity contribution is 5.85. The minimum Gasteiger partial charge on any atom is -0.481 e. The Balaban J connectivity index is 2.32. The van der Waals surface area contributed by atoms with E-state index in [0.717, 1.165) is 0 Å². The van der Waals surface area contributed by atoms with Crippen LogP contribution in [-0.4, -0.2) is 72.1 Å². The number of carbonyl (C=O) groups is 3. The van der Waals surface area contributed by atoms with Gasteiger partial charge in [0.25, 0.3) is 0 Å². The van der Waals surface area contributed by atoms with E-state index in [1.165, 1.54) is 4.90 Å². The van der Waals surface area contributed by atoms with E-state index in [2.05, 4.69) is 0 Å². The Morgan fingerprint density at radius 2 is 1.86 bits per heavy atom. The third-order valence-corrected chi connectivity index (χ3v) is 3.76. The molecule has 0 spiro atoms. The van der Waals surface area contributed by atoms with Crippen LogP contribution in [0.2, 0.25) is 0 Å². The van der Waals surface area contributed by atoms with Crippen molar-refractivity contribution >= 4 is 17.8 Å². The molecule has 1 saturated heterocycles. The van der Waals surface area contributed by atoms with Crippen molar-refractivity contribution in [1.82, 2.24) is 9.80 Å². The smallest absolute Gasteiger partial charge is 0.306 e. The lowest BCUT2D eigenvalue weighted by Gasteiger charge is -2.31. The summed E-state index contributed by atoms with van der Waals surface area (Å²) < 4.78 is 5.32. The Kier molecular flexibility index (Phi) is 7.31. The van der Waals surface area contributed by atoms with Crippen LogP contribution in [0.15, 0.2) is 0 Å². The van der Waals surface area contributed by atoms with Gasteiger partial charge in [0.15, 0.2) is 0 Å². The van der Waals surface area contributed by atoms with E-state index >= 15 is 0 Å². The van der Waals surface area contributed by atoms with Crippen LogP contribution in [-0.2, 0) is 19.1 Å². The number of piperidine rings is 1. The molecule has 2 amide bonds. The number of ether oxygens (including phenoxy) is 1. The highest BCUT2D eigenvalue weighted by Gasteiger charge is 2.27. The van der Waals surface area contributed by atoms with Gasteiger partial charge in [0, 0.05) is 20.1 Å². The van der Waals surface area contributed by atoms with Crippen LogP contribution < -0.4 is 0 Å². The summed E-state index contributed by atoms with van der Waals surface area (Å²) in [6, 6.07) is 0. The van der Waals surface area contributed by atoms with Crippen LogP contribution in [0.3, 0.4) is 0 Å². The molecule has 1 heterocycles. The summed E-state index contributed by atoms with van der Waals surface area (Å²) in [5.41, 5.74) is 0. The Morgan fingerprint density at radius 1 is 1.27 bits per heavy atom. The fourth-order valence-electron chi connectivity index (χ4n) is 2.34. The molecule has 22 heavy (non-hydrogen) atoms. The van der Waals surface area contributed by atoms with Gasteiger partial charge in [-0.25, -0.2) is 0 Å². The first-order chi connectivity index (χ1) is 10.3. The lowest BCUT2D eigenvalue weighted by molar-refractivity contribution is -0.146. The molecule has 1 aliphatic heterocycles. The number of hydrogen-bond acceptors (Lipinski definition) is 4. The second-order valence-corrected chi connectivity index (χ2v) is 5.91. The van der Waals surface area contributed by atoms with E-state index in [4.69, 9.17) is 9.84 Å². The summed E-state index contributed by atoms with van der Waals surface area (Å²) in [4.78, 5) is 37.9. The number of nitrogens with zero attached hydrogens (tertiary/aromatic N) is 2. The van der Waals surface area contributed by atoms with E-state index in [9.17, 15) is 14.4 Å². The maximum Gasteiger partial charge on any atom is 0.306 e. The number of likely N-dealkylation sites (tertiary alicyclic amines) is 1. The number of likely N-dealkylation sites (N-methyl/N-ethyl adjacent to an activating group) is 1. The first-order valence-corrected chi connectivity index (χ1v) is 7.67. The van der Waals surface area contributed by atoms with Gasteiger partial charge in [-0.15, -0.1) is 0 Å². The lowest BCUT2D eigenvalue weighted by Crippen LogP contribution is -2.45. The van der Waals surface area contributed by atoms with Crippen molar-refractivity contribution in [2.45, 2.75) is 39.2 Å². The van der Waals surface area contributed by atoms with Crippen molar-refractivity contribution in [2.75, 3.05) is 33.3 Å². The van der Waals surface area contributed by atoms with Crippen molar-refractivity contribution in [3.63, 3.8) is 0 Å². The molecule has 0 radical (unpaired) electrons. The fourth-order valence-corrected chi connectivity index (χ4v) is 2.34. The van der Waals surface area contributed by atoms with Crippen molar-refractivity contribution < 1.29 is 24.2 Å². The average Bonchev–Trinajstić information content (AvgIpc) is 2.46.